The minimum Gasteiger partial charge on any atom is -0.258 e. The van der Waals surface area contributed by atoms with E-state index >= 15 is 0 Å². The number of nitrogens with zero attached hydrogens (tertiary/aromatic N) is 6. The maximum atomic E-state index is 10.9. The van der Waals surface area contributed by atoms with Crippen molar-refractivity contribution >= 4 is 22.7 Å². The number of rotatable bonds is 6. The van der Waals surface area contributed by atoms with Crippen molar-refractivity contribution < 1.29 is 24.8 Å². The normalized spacial score (nSPS) is 9.82. The maximum Gasteiger partial charge on any atom is 0.425 e. The van der Waals surface area contributed by atoms with Crippen molar-refractivity contribution in [3.63, 3.8) is 0 Å². The molecular weight excluding hydrogens is 316 g/mol. The SMILES string of the molecule is O=[N+]([O-])c1ccc(N([N+](=O)[O-])[N+](=O)[O-])c([N+](=O)[O-])c1[N+](=O)[O-]. The molecule has 0 radical (unpaired) electrons. The van der Waals surface area contributed by atoms with Gasteiger partial charge in [0.1, 0.15) is 0 Å². The van der Waals surface area contributed by atoms with Crippen molar-refractivity contribution in [2.75, 3.05) is 5.12 Å². The molecule has 0 bridgehead atoms. The van der Waals surface area contributed by atoms with Gasteiger partial charge in [-0.15, -0.1) is 0 Å². The van der Waals surface area contributed by atoms with Gasteiger partial charge in [-0.1, -0.05) is 0 Å². The minimum atomic E-state index is -1.74. The Morgan fingerprint density at radius 2 is 1.14 bits per heavy atom. The van der Waals surface area contributed by atoms with Gasteiger partial charge in [-0.25, -0.2) is 20.2 Å². The zero-order valence-corrected chi connectivity index (χ0v) is 9.92. The minimum absolute atomic E-state index is 0.300. The summed E-state index contributed by atoms with van der Waals surface area (Å²) in [6.45, 7) is 0. The molecule has 0 aliphatic heterocycles. The zero-order valence-electron chi connectivity index (χ0n) is 9.92. The van der Waals surface area contributed by atoms with Crippen LogP contribution in [0.1, 0.15) is 0 Å². The molecule has 0 aliphatic rings. The second-order valence-corrected chi connectivity index (χ2v) is 3.34. The molecule has 0 heterocycles. The highest BCUT2D eigenvalue weighted by Gasteiger charge is 2.47. The summed E-state index contributed by atoms with van der Waals surface area (Å²) in [5.41, 5.74) is -6.20. The number of benzene rings is 1. The standard InChI is InChI=1S/C6H2N6O10/c13-8(14)4-2-1-3(7(11(19)20)12(21)22)5(9(15)16)6(4)10(17)18/h1-2H. The molecule has 0 saturated heterocycles. The number of anilines is 1. The number of nitro groups is 5. The molecule has 1 aromatic carbocycles. The molecule has 16 nitrogen and oxygen atoms in total. The van der Waals surface area contributed by atoms with Gasteiger partial charge in [-0.2, -0.15) is 0 Å². The van der Waals surface area contributed by atoms with E-state index in [0.29, 0.717) is 12.1 Å². The van der Waals surface area contributed by atoms with Gasteiger partial charge < -0.3 is 0 Å². The van der Waals surface area contributed by atoms with Gasteiger partial charge in [0.05, 0.1) is 14.8 Å². The van der Waals surface area contributed by atoms with Gasteiger partial charge in [-0.05, 0) is 6.07 Å². The van der Waals surface area contributed by atoms with Gasteiger partial charge in [0.15, 0.2) is 0 Å². The smallest absolute Gasteiger partial charge is 0.258 e. The quantitative estimate of drug-likeness (QED) is 0.521. The third-order valence-electron chi connectivity index (χ3n) is 2.20. The van der Waals surface area contributed by atoms with E-state index in [0.717, 1.165) is 0 Å². The van der Waals surface area contributed by atoms with E-state index in [1.54, 1.807) is 0 Å². The Balaban J connectivity index is 3.89. The first-order chi connectivity index (χ1) is 10.1. The number of hydrazine groups is 2. The fourth-order valence-electron chi connectivity index (χ4n) is 1.46. The van der Waals surface area contributed by atoms with E-state index in [1.807, 2.05) is 0 Å². The van der Waals surface area contributed by atoms with Crippen LogP contribution in [0.15, 0.2) is 12.1 Å². The number of hydrogen-bond acceptors (Lipinski definition) is 10. The van der Waals surface area contributed by atoms with Crippen LogP contribution in [0.5, 0.6) is 0 Å². The van der Waals surface area contributed by atoms with Crippen LogP contribution in [0, 0.1) is 50.6 Å². The van der Waals surface area contributed by atoms with Gasteiger partial charge in [0.2, 0.25) is 15.2 Å². The fourth-order valence-corrected chi connectivity index (χ4v) is 1.46. The molecule has 16 heteroatoms. The Kier molecular flexibility index (Phi) is 4.07. The maximum absolute atomic E-state index is 10.9. The number of nitro benzene ring substituents is 3. The van der Waals surface area contributed by atoms with Crippen molar-refractivity contribution in [2.24, 2.45) is 0 Å². The highest BCUT2D eigenvalue weighted by atomic mass is 16.8. The third kappa shape index (κ3) is 2.64. The Hall–Kier alpha value is -3.98. The van der Waals surface area contributed by atoms with Crippen LogP contribution in [0.4, 0.5) is 22.7 Å². The van der Waals surface area contributed by atoms with Gasteiger partial charge in [-0.3, -0.25) is 30.3 Å². The summed E-state index contributed by atoms with van der Waals surface area (Å²) in [6, 6.07) is 0.620. The Bertz CT molecular complexity index is 700. The first kappa shape index (κ1) is 16.1. The summed E-state index contributed by atoms with van der Waals surface area (Å²) in [5.74, 6) is 0. The first-order valence-electron chi connectivity index (χ1n) is 4.78. The fraction of sp³-hybridized carbons (Fsp3) is 0. The predicted molar refractivity (Wildman–Crippen MR) is 62.9 cm³/mol. The topological polar surface area (TPSA) is 219 Å². The number of hydrogen-bond donors (Lipinski definition) is 0. The highest BCUT2D eigenvalue weighted by Crippen LogP contribution is 2.43. The molecule has 0 unspecified atom stereocenters. The summed E-state index contributed by atoms with van der Waals surface area (Å²) >= 11 is 0. The lowest BCUT2D eigenvalue weighted by Gasteiger charge is -2.04. The lowest BCUT2D eigenvalue weighted by Crippen LogP contribution is -2.36. The van der Waals surface area contributed by atoms with E-state index in [4.69, 9.17) is 0 Å². The molecule has 0 fully saturated rings. The van der Waals surface area contributed by atoms with E-state index < -0.39 is 52.7 Å². The summed E-state index contributed by atoms with van der Waals surface area (Å²) in [6.07, 6.45) is 0. The second-order valence-electron chi connectivity index (χ2n) is 3.34. The van der Waals surface area contributed by atoms with Crippen molar-refractivity contribution in [3.8, 4) is 0 Å². The lowest BCUT2D eigenvalue weighted by molar-refractivity contribution is -0.712. The Morgan fingerprint density at radius 1 is 0.682 bits per heavy atom. The zero-order chi connectivity index (χ0) is 17.2. The molecule has 22 heavy (non-hydrogen) atoms. The molecule has 116 valence electrons. The largest absolute Gasteiger partial charge is 0.425 e. The Labute approximate surface area is 116 Å². The lowest BCUT2D eigenvalue weighted by atomic mass is 10.2. The molecule has 0 saturated carbocycles. The van der Waals surface area contributed by atoms with E-state index in [9.17, 15) is 50.6 Å². The van der Waals surface area contributed by atoms with Crippen LogP contribution in [-0.2, 0) is 0 Å². The first-order valence-corrected chi connectivity index (χ1v) is 4.78. The van der Waals surface area contributed by atoms with E-state index in [-0.39, 0.29) is 0 Å². The van der Waals surface area contributed by atoms with Crippen molar-refractivity contribution in [2.45, 2.75) is 0 Å². The average molecular weight is 318 g/mol. The third-order valence-corrected chi connectivity index (χ3v) is 2.20. The van der Waals surface area contributed by atoms with Crippen LogP contribution >= 0.6 is 0 Å². The van der Waals surface area contributed by atoms with Gasteiger partial charge in [0.25, 0.3) is 5.69 Å². The van der Waals surface area contributed by atoms with Crippen molar-refractivity contribution in [3.05, 3.63) is 62.7 Å². The predicted octanol–water partition coefficient (Wildman–Crippen LogP) is 0.601. The van der Waals surface area contributed by atoms with E-state index in [2.05, 4.69) is 0 Å². The summed E-state index contributed by atoms with van der Waals surface area (Å²) in [4.78, 5) is 49.1. The van der Waals surface area contributed by atoms with Gasteiger partial charge in [0, 0.05) is 6.07 Å². The molecular formula is C6H2N6O10. The molecule has 0 aromatic heterocycles. The summed E-state index contributed by atoms with van der Waals surface area (Å²) in [5, 5.41) is 49.2. The second kappa shape index (κ2) is 5.56. The average Bonchev–Trinajstić information content (AvgIpc) is 2.36. The molecule has 1 aromatic rings. The van der Waals surface area contributed by atoms with Gasteiger partial charge >= 0.3 is 17.1 Å². The van der Waals surface area contributed by atoms with Crippen LogP contribution in [0.3, 0.4) is 0 Å². The molecule has 0 aliphatic carbocycles. The highest BCUT2D eigenvalue weighted by molar-refractivity contribution is 5.78. The Morgan fingerprint density at radius 3 is 1.45 bits per heavy atom. The molecule has 1 rings (SSSR count). The van der Waals surface area contributed by atoms with Crippen LogP contribution in [-0.4, -0.2) is 24.8 Å². The van der Waals surface area contributed by atoms with Crippen LogP contribution < -0.4 is 5.12 Å². The molecule has 0 atom stereocenters. The molecule has 0 spiro atoms. The summed E-state index contributed by atoms with van der Waals surface area (Å²) < 4.78 is 0. The van der Waals surface area contributed by atoms with Crippen LogP contribution in [0.25, 0.3) is 0 Å². The van der Waals surface area contributed by atoms with Crippen molar-refractivity contribution in [1.29, 1.82) is 0 Å². The van der Waals surface area contributed by atoms with Crippen LogP contribution in [0.2, 0.25) is 0 Å². The molecule has 0 N–H and O–H groups in total. The molecule has 0 amide bonds. The van der Waals surface area contributed by atoms with Crippen molar-refractivity contribution in [1.82, 2.24) is 0 Å². The summed E-state index contributed by atoms with van der Waals surface area (Å²) in [7, 11) is 0. The van der Waals surface area contributed by atoms with E-state index in [1.165, 1.54) is 0 Å². The monoisotopic (exact) mass is 318 g/mol.